The van der Waals surface area contributed by atoms with Crippen molar-refractivity contribution in [2.45, 2.75) is 72.1 Å². The van der Waals surface area contributed by atoms with Crippen molar-refractivity contribution in [2.24, 2.45) is 5.73 Å². The van der Waals surface area contributed by atoms with Gasteiger partial charge in [0.2, 0.25) is 0 Å². The number of alkyl carbamates (subject to hydrolysis) is 1. The van der Waals surface area contributed by atoms with E-state index < -0.39 is 5.60 Å². The molecule has 1 amide bonds. The topological polar surface area (TPSA) is 67.6 Å². The van der Waals surface area contributed by atoms with E-state index in [0.717, 1.165) is 19.4 Å². The number of carbonyl (C=O) groups is 1. The highest BCUT2D eigenvalue weighted by Crippen LogP contribution is 2.10. The largest absolute Gasteiger partial charge is 0.444 e. The summed E-state index contributed by atoms with van der Waals surface area (Å²) < 4.78 is 5.21. The molecule has 0 saturated heterocycles. The van der Waals surface area contributed by atoms with Crippen molar-refractivity contribution in [1.29, 1.82) is 0 Å². The first-order valence-corrected chi connectivity index (χ1v) is 7.64. The highest BCUT2D eigenvalue weighted by atomic mass is 16.6. The van der Waals surface area contributed by atoms with Crippen LogP contribution in [0.5, 0.6) is 0 Å². The molecule has 120 valence electrons. The van der Waals surface area contributed by atoms with Crippen LogP contribution in [-0.4, -0.2) is 48.3 Å². The first-order valence-electron chi connectivity index (χ1n) is 7.64. The van der Waals surface area contributed by atoms with Crippen molar-refractivity contribution in [3.63, 3.8) is 0 Å². The van der Waals surface area contributed by atoms with Crippen LogP contribution >= 0.6 is 0 Å². The van der Waals surface area contributed by atoms with E-state index in [1.807, 2.05) is 20.8 Å². The third kappa shape index (κ3) is 8.38. The van der Waals surface area contributed by atoms with Gasteiger partial charge in [0.1, 0.15) is 5.60 Å². The van der Waals surface area contributed by atoms with E-state index in [1.165, 1.54) is 0 Å². The predicted octanol–water partition coefficient (Wildman–Crippen LogP) is 2.35. The molecule has 0 fully saturated rings. The number of nitrogens with zero attached hydrogens (tertiary/aromatic N) is 1. The summed E-state index contributed by atoms with van der Waals surface area (Å²) in [6, 6.07) is 0.759. The monoisotopic (exact) mass is 287 g/mol. The Kier molecular flexibility index (Phi) is 8.81. The second-order valence-corrected chi connectivity index (χ2v) is 6.44. The third-order valence-corrected chi connectivity index (χ3v) is 3.03. The van der Waals surface area contributed by atoms with Crippen LogP contribution < -0.4 is 11.1 Å². The summed E-state index contributed by atoms with van der Waals surface area (Å²) in [6.07, 6.45) is 1.59. The van der Waals surface area contributed by atoms with Crippen LogP contribution in [0.1, 0.15) is 54.4 Å². The van der Waals surface area contributed by atoms with Crippen molar-refractivity contribution < 1.29 is 9.53 Å². The summed E-state index contributed by atoms with van der Waals surface area (Å²) in [7, 11) is 0. The molecule has 1 unspecified atom stereocenters. The zero-order valence-electron chi connectivity index (χ0n) is 14.0. The minimum atomic E-state index is -0.455. The minimum absolute atomic E-state index is 0.296. The van der Waals surface area contributed by atoms with E-state index >= 15 is 0 Å². The highest BCUT2D eigenvalue weighted by Gasteiger charge is 2.20. The van der Waals surface area contributed by atoms with Crippen LogP contribution in [0.25, 0.3) is 0 Å². The number of nitrogens with one attached hydrogen (secondary N) is 1. The number of hydrogen-bond acceptors (Lipinski definition) is 4. The second kappa shape index (κ2) is 9.19. The molecule has 0 spiro atoms. The SMILES string of the molecule is CCCN(C(C)C)C(CN)CCNC(=O)OC(C)(C)C. The molecule has 0 saturated carbocycles. The Morgan fingerprint density at radius 1 is 1.35 bits per heavy atom. The molecule has 0 aromatic rings. The first kappa shape index (κ1) is 19.2. The molecule has 0 aliphatic rings. The Bertz CT molecular complexity index is 275. The van der Waals surface area contributed by atoms with Crippen molar-refractivity contribution >= 4 is 6.09 Å². The maximum atomic E-state index is 11.6. The van der Waals surface area contributed by atoms with Gasteiger partial charge in [-0.3, -0.25) is 4.90 Å². The van der Waals surface area contributed by atoms with Gasteiger partial charge >= 0.3 is 6.09 Å². The molecule has 0 aromatic carbocycles. The van der Waals surface area contributed by atoms with E-state index in [-0.39, 0.29) is 6.09 Å². The molecule has 0 heterocycles. The summed E-state index contributed by atoms with van der Waals surface area (Å²) in [5.41, 5.74) is 5.42. The van der Waals surface area contributed by atoms with E-state index in [0.29, 0.717) is 25.2 Å². The maximum Gasteiger partial charge on any atom is 0.407 e. The summed E-state index contributed by atoms with van der Waals surface area (Å²) in [5, 5.41) is 2.80. The van der Waals surface area contributed by atoms with Gasteiger partial charge in [-0.2, -0.15) is 0 Å². The van der Waals surface area contributed by atoms with Crippen LogP contribution in [0.3, 0.4) is 0 Å². The average molecular weight is 287 g/mol. The van der Waals surface area contributed by atoms with Gasteiger partial charge in [0.05, 0.1) is 0 Å². The fourth-order valence-electron chi connectivity index (χ4n) is 2.19. The molecule has 5 heteroatoms. The summed E-state index contributed by atoms with van der Waals surface area (Å²) in [5.74, 6) is 0. The molecular weight excluding hydrogens is 254 g/mol. The van der Waals surface area contributed by atoms with Crippen LogP contribution in [0.2, 0.25) is 0 Å². The van der Waals surface area contributed by atoms with Gasteiger partial charge in [-0.05, 0) is 54.0 Å². The Morgan fingerprint density at radius 2 is 1.95 bits per heavy atom. The normalized spacial score (nSPS) is 13.7. The average Bonchev–Trinajstić information content (AvgIpc) is 2.30. The lowest BCUT2D eigenvalue weighted by atomic mass is 10.1. The van der Waals surface area contributed by atoms with Crippen molar-refractivity contribution in [3.05, 3.63) is 0 Å². The van der Waals surface area contributed by atoms with Crippen LogP contribution in [0.4, 0.5) is 4.79 Å². The molecule has 0 aromatic heterocycles. The molecule has 20 heavy (non-hydrogen) atoms. The summed E-state index contributed by atoms with van der Waals surface area (Å²) in [4.78, 5) is 14.0. The lowest BCUT2D eigenvalue weighted by molar-refractivity contribution is 0.0520. The Balaban J connectivity index is 4.21. The van der Waals surface area contributed by atoms with E-state index in [4.69, 9.17) is 10.5 Å². The minimum Gasteiger partial charge on any atom is -0.444 e. The van der Waals surface area contributed by atoms with Gasteiger partial charge in [-0.25, -0.2) is 4.79 Å². The van der Waals surface area contributed by atoms with Gasteiger partial charge in [-0.15, -0.1) is 0 Å². The number of rotatable bonds is 8. The Labute approximate surface area is 124 Å². The molecule has 0 aliphatic heterocycles. The van der Waals surface area contributed by atoms with Gasteiger partial charge in [0.15, 0.2) is 0 Å². The zero-order chi connectivity index (χ0) is 15.8. The summed E-state index contributed by atoms with van der Waals surface area (Å²) >= 11 is 0. The molecule has 3 N–H and O–H groups in total. The fourth-order valence-corrected chi connectivity index (χ4v) is 2.19. The third-order valence-electron chi connectivity index (χ3n) is 3.03. The van der Waals surface area contributed by atoms with Crippen LogP contribution in [-0.2, 0) is 4.74 Å². The number of amides is 1. The van der Waals surface area contributed by atoms with Gasteiger partial charge in [-0.1, -0.05) is 6.92 Å². The molecule has 0 aliphatic carbocycles. The van der Waals surface area contributed by atoms with E-state index in [1.54, 1.807) is 0 Å². The van der Waals surface area contributed by atoms with Crippen LogP contribution in [0.15, 0.2) is 0 Å². The molecule has 0 bridgehead atoms. The quantitative estimate of drug-likeness (QED) is 0.719. The Hall–Kier alpha value is -0.810. The zero-order valence-corrected chi connectivity index (χ0v) is 14.0. The fraction of sp³-hybridized carbons (Fsp3) is 0.933. The smallest absolute Gasteiger partial charge is 0.407 e. The van der Waals surface area contributed by atoms with Crippen LogP contribution in [0, 0.1) is 0 Å². The molecule has 0 rings (SSSR count). The predicted molar refractivity (Wildman–Crippen MR) is 83.8 cm³/mol. The van der Waals surface area contributed by atoms with Gasteiger partial charge in [0, 0.05) is 25.2 Å². The van der Waals surface area contributed by atoms with E-state index in [9.17, 15) is 4.79 Å². The van der Waals surface area contributed by atoms with Crippen molar-refractivity contribution in [3.8, 4) is 0 Å². The number of hydrogen-bond donors (Lipinski definition) is 2. The first-order chi connectivity index (χ1) is 9.21. The molecule has 1 atom stereocenters. The van der Waals surface area contributed by atoms with Crippen molar-refractivity contribution in [1.82, 2.24) is 10.2 Å². The second-order valence-electron chi connectivity index (χ2n) is 6.44. The number of nitrogens with two attached hydrogens (primary N) is 1. The van der Waals surface area contributed by atoms with Gasteiger partial charge < -0.3 is 15.8 Å². The van der Waals surface area contributed by atoms with Gasteiger partial charge in [0.25, 0.3) is 0 Å². The lowest BCUT2D eigenvalue weighted by Crippen LogP contribution is -2.47. The molecule has 5 nitrogen and oxygen atoms in total. The number of carbonyl (C=O) groups excluding carboxylic acids is 1. The number of ether oxygens (including phenoxy) is 1. The standard InChI is InChI=1S/C15H33N3O2/c1-7-10-18(12(2)3)13(11-16)8-9-17-14(19)20-15(4,5)6/h12-13H,7-11,16H2,1-6H3,(H,17,19). The molecule has 0 radical (unpaired) electrons. The van der Waals surface area contributed by atoms with E-state index in [2.05, 4.69) is 31.0 Å². The molecular formula is C15H33N3O2. The summed E-state index contributed by atoms with van der Waals surface area (Å²) in [6.45, 7) is 14.3. The lowest BCUT2D eigenvalue weighted by Gasteiger charge is -2.34. The van der Waals surface area contributed by atoms with Crippen molar-refractivity contribution in [2.75, 3.05) is 19.6 Å². The highest BCUT2D eigenvalue weighted by molar-refractivity contribution is 5.67. The maximum absolute atomic E-state index is 11.6. The Morgan fingerprint density at radius 3 is 2.35 bits per heavy atom.